The zero-order valence-electron chi connectivity index (χ0n) is 14.5. The Balaban J connectivity index is 1.56. The van der Waals surface area contributed by atoms with Crippen LogP contribution in [0.3, 0.4) is 0 Å². The zero-order valence-corrected chi connectivity index (χ0v) is 14.5. The summed E-state index contributed by atoms with van der Waals surface area (Å²) in [5.41, 5.74) is 0.182. The first-order chi connectivity index (χ1) is 12.6. The fourth-order valence-electron chi connectivity index (χ4n) is 2.71. The van der Waals surface area contributed by atoms with Gasteiger partial charge in [-0.25, -0.2) is 4.68 Å². The third kappa shape index (κ3) is 4.05. The molecule has 9 nitrogen and oxygen atoms in total. The van der Waals surface area contributed by atoms with E-state index in [4.69, 9.17) is 9.47 Å². The number of esters is 1. The van der Waals surface area contributed by atoms with Gasteiger partial charge in [0.1, 0.15) is 5.52 Å². The highest BCUT2D eigenvalue weighted by Gasteiger charge is 2.25. The van der Waals surface area contributed by atoms with Crippen molar-refractivity contribution in [2.75, 3.05) is 26.3 Å². The number of hydrogen-bond acceptors (Lipinski definition) is 7. The molecular weight excluding hydrogens is 340 g/mol. The van der Waals surface area contributed by atoms with E-state index < -0.39 is 12.1 Å². The van der Waals surface area contributed by atoms with Gasteiger partial charge >= 0.3 is 5.97 Å². The number of morpholine rings is 1. The molecule has 1 fully saturated rings. The molecule has 0 spiro atoms. The Kier molecular flexibility index (Phi) is 5.57. The van der Waals surface area contributed by atoms with Crippen LogP contribution in [-0.4, -0.2) is 64.2 Å². The van der Waals surface area contributed by atoms with Crippen LogP contribution in [0.1, 0.15) is 13.3 Å². The number of ether oxygens (including phenoxy) is 2. The first kappa shape index (κ1) is 18.0. The molecule has 0 saturated carbocycles. The lowest BCUT2D eigenvalue weighted by Gasteiger charge is -2.28. The molecule has 0 aliphatic carbocycles. The van der Waals surface area contributed by atoms with Gasteiger partial charge in [0.05, 0.1) is 31.6 Å². The molecule has 2 aromatic rings. The summed E-state index contributed by atoms with van der Waals surface area (Å²) in [6, 6.07) is 6.86. The van der Waals surface area contributed by atoms with Crippen LogP contribution in [0.2, 0.25) is 0 Å². The number of fused-ring (bicyclic) bond motifs is 1. The highest BCUT2D eigenvalue weighted by Crippen LogP contribution is 2.06. The van der Waals surface area contributed by atoms with Gasteiger partial charge in [-0.2, -0.15) is 0 Å². The predicted octanol–water partition coefficient (Wildman–Crippen LogP) is -0.0279. The molecule has 9 heteroatoms. The Hall–Kier alpha value is -2.81. The van der Waals surface area contributed by atoms with Gasteiger partial charge in [-0.15, -0.1) is 5.10 Å². The van der Waals surface area contributed by atoms with Crippen molar-refractivity contribution in [3.8, 4) is 0 Å². The number of benzene rings is 1. The molecule has 1 unspecified atom stereocenters. The molecule has 138 valence electrons. The molecule has 1 amide bonds. The Morgan fingerprint density at radius 2 is 2.00 bits per heavy atom. The number of aryl methyl sites for hydroxylation is 1. The minimum Gasteiger partial charge on any atom is -0.452 e. The smallest absolute Gasteiger partial charge is 0.308 e. The summed E-state index contributed by atoms with van der Waals surface area (Å²) in [5, 5.41) is 8.22. The zero-order chi connectivity index (χ0) is 18.5. The maximum absolute atomic E-state index is 12.3. The molecule has 1 saturated heterocycles. The van der Waals surface area contributed by atoms with Crippen LogP contribution in [0.15, 0.2) is 29.1 Å². The molecule has 3 rings (SSSR count). The van der Waals surface area contributed by atoms with Gasteiger partial charge in [0, 0.05) is 13.1 Å². The minimum atomic E-state index is -0.875. The number of rotatable bonds is 5. The number of aromatic nitrogens is 3. The van der Waals surface area contributed by atoms with Gasteiger partial charge in [0.15, 0.2) is 6.10 Å². The second-order valence-electron chi connectivity index (χ2n) is 5.95. The largest absolute Gasteiger partial charge is 0.452 e. The first-order valence-electron chi connectivity index (χ1n) is 8.45. The fraction of sp³-hybridized carbons (Fsp3) is 0.471. The van der Waals surface area contributed by atoms with Crippen molar-refractivity contribution in [2.45, 2.75) is 26.0 Å². The van der Waals surface area contributed by atoms with Crippen LogP contribution < -0.4 is 5.56 Å². The van der Waals surface area contributed by atoms with E-state index in [-0.39, 0.29) is 24.4 Å². The number of carbonyl (C=O) groups excluding carboxylic acids is 2. The van der Waals surface area contributed by atoms with Crippen LogP contribution in [0.25, 0.3) is 10.9 Å². The monoisotopic (exact) mass is 360 g/mol. The Morgan fingerprint density at radius 1 is 1.27 bits per heavy atom. The molecule has 2 heterocycles. The fourth-order valence-corrected chi connectivity index (χ4v) is 2.71. The molecule has 1 atom stereocenters. The Labute approximate surface area is 149 Å². The molecule has 0 radical (unpaired) electrons. The van der Waals surface area contributed by atoms with E-state index in [1.165, 1.54) is 6.92 Å². The van der Waals surface area contributed by atoms with Crippen LogP contribution in [0.5, 0.6) is 0 Å². The average molecular weight is 360 g/mol. The van der Waals surface area contributed by atoms with Gasteiger partial charge in [0.2, 0.25) is 0 Å². The molecule has 1 aromatic carbocycles. The van der Waals surface area contributed by atoms with E-state index in [2.05, 4.69) is 10.3 Å². The van der Waals surface area contributed by atoms with Crippen LogP contribution >= 0.6 is 0 Å². The second-order valence-corrected chi connectivity index (χ2v) is 5.95. The van der Waals surface area contributed by atoms with Crippen LogP contribution in [-0.2, 0) is 25.6 Å². The van der Waals surface area contributed by atoms with Gasteiger partial charge < -0.3 is 14.4 Å². The highest BCUT2D eigenvalue weighted by molar-refractivity contribution is 5.83. The van der Waals surface area contributed by atoms with Crippen LogP contribution in [0.4, 0.5) is 0 Å². The van der Waals surface area contributed by atoms with Crippen molar-refractivity contribution in [1.29, 1.82) is 0 Å². The van der Waals surface area contributed by atoms with Crippen molar-refractivity contribution < 1.29 is 19.1 Å². The van der Waals surface area contributed by atoms with E-state index in [0.717, 1.165) is 4.68 Å². The summed E-state index contributed by atoms with van der Waals surface area (Å²) in [5.74, 6) is -0.815. The number of hydrogen-bond donors (Lipinski definition) is 0. The number of nitrogens with zero attached hydrogens (tertiary/aromatic N) is 4. The average Bonchev–Trinajstić information content (AvgIpc) is 2.67. The molecule has 0 N–H and O–H groups in total. The lowest BCUT2D eigenvalue weighted by Crippen LogP contribution is -2.46. The lowest BCUT2D eigenvalue weighted by atomic mass is 10.2. The summed E-state index contributed by atoms with van der Waals surface area (Å²) >= 11 is 0. The molecule has 0 bridgehead atoms. The standard InChI is InChI=1S/C17H20N4O5/c1-12(16(23)20-8-10-25-11-9-20)26-15(22)6-7-21-17(24)13-4-2-3-5-14(13)18-19-21/h2-5,12H,6-11H2,1H3. The SMILES string of the molecule is CC(OC(=O)CCn1nnc2ccccc2c1=O)C(=O)N1CCOCC1. The molecule has 1 aliphatic heterocycles. The minimum absolute atomic E-state index is 0.0357. The third-order valence-electron chi connectivity index (χ3n) is 4.14. The lowest BCUT2D eigenvalue weighted by molar-refractivity contribution is -0.161. The molecule has 26 heavy (non-hydrogen) atoms. The Bertz CT molecular complexity index is 860. The topological polar surface area (TPSA) is 104 Å². The molecular formula is C17H20N4O5. The number of carbonyl (C=O) groups is 2. The van der Waals surface area contributed by atoms with Crippen molar-refractivity contribution in [3.63, 3.8) is 0 Å². The predicted molar refractivity (Wildman–Crippen MR) is 91.4 cm³/mol. The summed E-state index contributed by atoms with van der Waals surface area (Å²) in [7, 11) is 0. The maximum Gasteiger partial charge on any atom is 0.308 e. The third-order valence-corrected chi connectivity index (χ3v) is 4.14. The summed E-state index contributed by atoms with van der Waals surface area (Å²) in [6.07, 6.45) is -0.951. The summed E-state index contributed by atoms with van der Waals surface area (Å²) < 4.78 is 11.5. The van der Waals surface area contributed by atoms with Crippen LogP contribution in [0, 0.1) is 0 Å². The highest BCUT2D eigenvalue weighted by atomic mass is 16.5. The normalized spacial score (nSPS) is 15.7. The maximum atomic E-state index is 12.3. The molecule has 1 aromatic heterocycles. The quantitative estimate of drug-likeness (QED) is 0.690. The van der Waals surface area contributed by atoms with E-state index >= 15 is 0 Å². The summed E-state index contributed by atoms with van der Waals surface area (Å²) in [4.78, 5) is 38.2. The Morgan fingerprint density at radius 3 is 2.77 bits per heavy atom. The summed E-state index contributed by atoms with van der Waals surface area (Å²) in [6.45, 7) is 3.52. The van der Waals surface area contributed by atoms with E-state index in [9.17, 15) is 14.4 Å². The van der Waals surface area contributed by atoms with E-state index in [1.807, 2.05) is 0 Å². The molecule has 1 aliphatic rings. The van der Waals surface area contributed by atoms with E-state index in [0.29, 0.717) is 37.2 Å². The van der Waals surface area contributed by atoms with Gasteiger partial charge in [-0.1, -0.05) is 17.3 Å². The van der Waals surface area contributed by atoms with Crippen molar-refractivity contribution in [1.82, 2.24) is 19.9 Å². The van der Waals surface area contributed by atoms with Gasteiger partial charge in [-0.3, -0.25) is 14.4 Å². The van der Waals surface area contributed by atoms with Crippen molar-refractivity contribution >= 4 is 22.8 Å². The van der Waals surface area contributed by atoms with Gasteiger partial charge in [-0.05, 0) is 19.1 Å². The van der Waals surface area contributed by atoms with Crippen molar-refractivity contribution in [3.05, 3.63) is 34.6 Å². The first-order valence-corrected chi connectivity index (χ1v) is 8.45. The van der Waals surface area contributed by atoms with E-state index in [1.54, 1.807) is 29.2 Å². The second kappa shape index (κ2) is 8.05. The van der Waals surface area contributed by atoms with Crippen molar-refractivity contribution in [2.24, 2.45) is 0 Å². The van der Waals surface area contributed by atoms with Gasteiger partial charge in [0.25, 0.3) is 11.5 Å². The number of amides is 1.